The highest BCUT2D eigenvalue weighted by Gasteiger charge is 2.33. The Morgan fingerprint density at radius 1 is 1.12 bits per heavy atom. The molecular formula is C18H16F3N3O2. The van der Waals surface area contributed by atoms with E-state index in [9.17, 15) is 13.2 Å². The maximum absolute atomic E-state index is 13.1. The molecule has 5 nitrogen and oxygen atoms in total. The summed E-state index contributed by atoms with van der Waals surface area (Å²) in [6.07, 6.45) is -2.84. The smallest absolute Gasteiger partial charge is 0.416 e. The van der Waals surface area contributed by atoms with Crippen molar-refractivity contribution in [2.45, 2.75) is 26.3 Å². The first-order valence-electron chi connectivity index (χ1n) is 7.79. The van der Waals surface area contributed by atoms with E-state index < -0.39 is 11.7 Å². The van der Waals surface area contributed by atoms with Crippen LogP contribution in [-0.2, 0) is 19.4 Å². The lowest BCUT2D eigenvalue weighted by molar-refractivity contribution is -0.138. The molecule has 0 saturated heterocycles. The molecule has 0 aliphatic heterocycles. The van der Waals surface area contributed by atoms with E-state index in [-0.39, 0.29) is 18.8 Å². The molecule has 0 spiro atoms. The van der Waals surface area contributed by atoms with Crippen LogP contribution in [0, 0.1) is 6.92 Å². The molecule has 0 saturated carbocycles. The number of aliphatic hydroxyl groups is 1. The topological polar surface area (TPSA) is 60.2 Å². The SMILES string of the molecule is Cc1cccc(C(F)(F)F)c1COc1ccc(-n2cc(CO)nn2)cc1. The summed E-state index contributed by atoms with van der Waals surface area (Å²) in [7, 11) is 0. The minimum atomic E-state index is -4.42. The fraction of sp³-hybridized carbons (Fsp3) is 0.222. The van der Waals surface area contributed by atoms with Crippen molar-refractivity contribution in [3.05, 3.63) is 71.0 Å². The lowest BCUT2D eigenvalue weighted by Crippen LogP contribution is -2.12. The first-order valence-corrected chi connectivity index (χ1v) is 7.79. The summed E-state index contributed by atoms with van der Waals surface area (Å²) in [5, 5.41) is 16.7. The zero-order valence-corrected chi connectivity index (χ0v) is 13.9. The van der Waals surface area contributed by atoms with E-state index in [0.29, 0.717) is 22.7 Å². The Kier molecular flexibility index (Phi) is 4.94. The third-order valence-corrected chi connectivity index (χ3v) is 3.90. The molecule has 0 radical (unpaired) electrons. The molecule has 0 aliphatic rings. The van der Waals surface area contributed by atoms with Gasteiger partial charge in [0.2, 0.25) is 0 Å². The molecule has 3 rings (SSSR count). The van der Waals surface area contributed by atoms with Gasteiger partial charge in [-0.1, -0.05) is 17.3 Å². The van der Waals surface area contributed by atoms with Crippen molar-refractivity contribution in [3.8, 4) is 11.4 Å². The summed E-state index contributed by atoms with van der Waals surface area (Å²) in [6.45, 7) is 1.23. The van der Waals surface area contributed by atoms with Crippen molar-refractivity contribution in [3.63, 3.8) is 0 Å². The van der Waals surface area contributed by atoms with Crippen LogP contribution in [0.15, 0.2) is 48.7 Å². The number of aromatic nitrogens is 3. The van der Waals surface area contributed by atoms with E-state index in [1.165, 1.54) is 10.7 Å². The van der Waals surface area contributed by atoms with E-state index in [2.05, 4.69) is 10.3 Å². The Labute approximate surface area is 147 Å². The maximum Gasteiger partial charge on any atom is 0.416 e. The van der Waals surface area contributed by atoms with E-state index in [1.807, 2.05) is 0 Å². The first-order chi connectivity index (χ1) is 12.4. The van der Waals surface area contributed by atoms with Gasteiger partial charge in [-0.3, -0.25) is 0 Å². The summed E-state index contributed by atoms with van der Waals surface area (Å²) >= 11 is 0. The molecule has 3 aromatic rings. The van der Waals surface area contributed by atoms with Crippen LogP contribution in [0.25, 0.3) is 5.69 Å². The van der Waals surface area contributed by atoms with Gasteiger partial charge in [0, 0.05) is 5.56 Å². The fourth-order valence-corrected chi connectivity index (χ4v) is 2.51. The number of alkyl halides is 3. The number of rotatable bonds is 5. The summed E-state index contributed by atoms with van der Waals surface area (Å²) in [5.74, 6) is 0.438. The van der Waals surface area contributed by atoms with Gasteiger partial charge in [-0.25, -0.2) is 4.68 Å². The first kappa shape index (κ1) is 17.9. The van der Waals surface area contributed by atoms with E-state index >= 15 is 0 Å². The van der Waals surface area contributed by atoms with Gasteiger partial charge in [0.05, 0.1) is 24.1 Å². The zero-order valence-electron chi connectivity index (χ0n) is 13.9. The maximum atomic E-state index is 13.1. The van der Waals surface area contributed by atoms with Gasteiger partial charge < -0.3 is 9.84 Å². The molecule has 0 bridgehead atoms. The number of aryl methyl sites for hydroxylation is 1. The summed E-state index contributed by atoms with van der Waals surface area (Å²) in [4.78, 5) is 0. The van der Waals surface area contributed by atoms with Crippen molar-refractivity contribution < 1.29 is 23.0 Å². The van der Waals surface area contributed by atoms with Gasteiger partial charge in [-0.15, -0.1) is 5.10 Å². The van der Waals surface area contributed by atoms with Crippen molar-refractivity contribution in [2.24, 2.45) is 0 Å². The largest absolute Gasteiger partial charge is 0.489 e. The molecule has 1 N–H and O–H groups in total. The lowest BCUT2D eigenvalue weighted by atomic mass is 10.0. The van der Waals surface area contributed by atoms with Crippen LogP contribution in [0.2, 0.25) is 0 Å². The van der Waals surface area contributed by atoms with E-state index in [0.717, 1.165) is 6.07 Å². The second-order valence-electron chi connectivity index (χ2n) is 5.69. The predicted molar refractivity (Wildman–Crippen MR) is 87.8 cm³/mol. The van der Waals surface area contributed by atoms with Gasteiger partial charge in [0.1, 0.15) is 18.1 Å². The van der Waals surface area contributed by atoms with Gasteiger partial charge in [0.15, 0.2) is 0 Å². The van der Waals surface area contributed by atoms with Crippen LogP contribution in [0.1, 0.15) is 22.4 Å². The molecule has 8 heteroatoms. The van der Waals surface area contributed by atoms with Crippen LogP contribution in [-0.4, -0.2) is 20.1 Å². The average molecular weight is 363 g/mol. The Morgan fingerprint density at radius 3 is 2.46 bits per heavy atom. The molecular weight excluding hydrogens is 347 g/mol. The molecule has 0 fully saturated rings. The number of hydrogen-bond acceptors (Lipinski definition) is 4. The van der Waals surface area contributed by atoms with Gasteiger partial charge in [-0.05, 0) is 42.8 Å². The van der Waals surface area contributed by atoms with Crippen molar-refractivity contribution in [2.75, 3.05) is 0 Å². The number of ether oxygens (including phenoxy) is 1. The summed E-state index contributed by atoms with van der Waals surface area (Å²) in [5.41, 5.74) is 1.08. The highest BCUT2D eigenvalue weighted by atomic mass is 19.4. The van der Waals surface area contributed by atoms with Crippen molar-refractivity contribution >= 4 is 0 Å². The van der Waals surface area contributed by atoms with Gasteiger partial charge >= 0.3 is 6.18 Å². The molecule has 26 heavy (non-hydrogen) atoms. The number of benzene rings is 2. The third-order valence-electron chi connectivity index (χ3n) is 3.90. The normalized spacial score (nSPS) is 11.6. The molecule has 0 atom stereocenters. The second kappa shape index (κ2) is 7.17. The molecule has 0 unspecified atom stereocenters. The molecule has 136 valence electrons. The quantitative estimate of drug-likeness (QED) is 0.751. The number of halogens is 3. The Hall–Kier alpha value is -2.87. The zero-order chi connectivity index (χ0) is 18.7. The van der Waals surface area contributed by atoms with E-state index in [4.69, 9.17) is 9.84 Å². The van der Waals surface area contributed by atoms with Crippen LogP contribution >= 0.6 is 0 Å². The highest BCUT2D eigenvalue weighted by molar-refractivity contribution is 5.38. The second-order valence-corrected chi connectivity index (χ2v) is 5.69. The Bertz CT molecular complexity index is 889. The number of hydrogen-bond donors (Lipinski definition) is 1. The predicted octanol–water partition coefficient (Wildman–Crippen LogP) is 3.67. The number of aliphatic hydroxyl groups excluding tert-OH is 1. The minimum Gasteiger partial charge on any atom is -0.489 e. The van der Waals surface area contributed by atoms with Gasteiger partial charge in [0.25, 0.3) is 0 Å². The molecule has 0 amide bonds. The summed E-state index contributed by atoms with van der Waals surface area (Å²) < 4.78 is 46.4. The van der Waals surface area contributed by atoms with Crippen molar-refractivity contribution in [1.82, 2.24) is 15.0 Å². The summed E-state index contributed by atoms with van der Waals surface area (Å²) in [6, 6.07) is 10.7. The van der Waals surface area contributed by atoms with Crippen LogP contribution in [0.4, 0.5) is 13.2 Å². The van der Waals surface area contributed by atoms with Gasteiger partial charge in [-0.2, -0.15) is 13.2 Å². The van der Waals surface area contributed by atoms with Crippen LogP contribution in [0.3, 0.4) is 0 Å². The Morgan fingerprint density at radius 2 is 1.85 bits per heavy atom. The molecule has 2 aromatic carbocycles. The van der Waals surface area contributed by atoms with E-state index in [1.54, 1.807) is 43.5 Å². The lowest BCUT2D eigenvalue weighted by Gasteiger charge is -2.16. The highest BCUT2D eigenvalue weighted by Crippen LogP contribution is 2.33. The monoisotopic (exact) mass is 363 g/mol. The van der Waals surface area contributed by atoms with Crippen molar-refractivity contribution in [1.29, 1.82) is 0 Å². The third kappa shape index (κ3) is 3.85. The van der Waals surface area contributed by atoms with Crippen LogP contribution < -0.4 is 4.74 Å². The minimum absolute atomic E-state index is 0.118. The molecule has 0 aliphatic carbocycles. The van der Waals surface area contributed by atoms with Crippen LogP contribution in [0.5, 0.6) is 5.75 Å². The molecule has 1 aromatic heterocycles. The molecule has 1 heterocycles. The Balaban J connectivity index is 1.75. The average Bonchev–Trinajstić information content (AvgIpc) is 3.09. The fourth-order valence-electron chi connectivity index (χ4n) is 2.51. The standard InChI is InChI=1S/C18H16F3N3O2/c1-12-3-2-4-17(18(19,20)21)16(12)11-26-15-7-5-14(6-8-15)24-9-13(10-25)22-23-24/h2-9,25H,10-11H2,1H3. The number of nitrogens with zero attached hydrogens (tertiary/aromatic N) is 3.